The van der Waals surface area contributed by atoms with Gasteiger partial charge >= 0.3 is 0 Å². The van der Waals surface area contributed by atoms with Gasteiger partial charge in [-0.25, -0.2) is 0 Å². The van der Waals surface area contributed by atoms with E-state index in [-0.39, 0.29) is 17.4 Å². The van der Waals surface area contributed by atoms with E-state index in [9.17, 15) is 14.4 Å². The van der Waals surface area contributed by atoms with E-state index in [0.29, 0.717) is 30.5 Å². The highest BCUT2D eigenvalue weighted by Crippen LogP contribution is 2.18. The van der Waals surface area contributed by atoms with E-state index in [4.69, 9.17) is 11.5 Å². The molecule has 0 spiro atoms. The van der Waals surface area contributed by atoms with Crippen LogP contribution in [0.4, 0.5) is 0 Å². The van der Waals surface area contributed by atoms with Gasteiger partial charge in [-0.1, -0.05) is 6.92 Å². The lowest BCUT2D eigenvalue weighted by Gasteiger charge is -2.33. The van der Waals surface area contributed by atoms with E-state index < -0.39 is 11.9 Å². The molecule has 0 saturated heterocycles. The number of rotatable bonds is 10. The van der Waals surface area contributed by atoms with E-state index in [1.54, 1.807) is 70.4 Å². The minimum Gasteiger partial charge on any atom is -0.398 e. The molecule has 31 heavy (non-hydrogen) atoms. The van der Waals surface area contributed by atoms with Crippen LogP contribution in [-0.2, 0) is 14.4 Å². The molecule has 1 unspecified atom stereocenters. The van der Waals surface area contributed by atoms with E-state index >= 15 is 0 Å². The highest BCUT2D eigenvalue weighted by Gasteiger charge is 2.29. The molecular formula is C22H32N6O3. The maximum atomic E-state index is 12.8. The van der Waals surface area contributed by atoms with E-state index in [1.165, 1.54) is 11.0 Å². The van der Waals surface area contributed by atoms with Crippen LogP contribution in [0.15, 0.2) is 53.8 Å². The van der Waals surface area contributed by atoms with Gasteiger partial charge in [0, 0.05) is 49.9 Å². The molecule has 0 aliphatic carbocycles. The standard InChI is InChI=1S/C22H32N6O3/c1-6-16(14-29)20(22(31)27(4)5)28(7-2)15(3)21(30)26-19(24)11-10-18(23)17-9-8-12-25-13-17/h8-15H,6-7,23-24H2,1-5H3,(H,26,30)/b18-10-,19-11+,20-16+. The predicted molar refractivity (Wildman–Crippen MR) is 121 cm³/mol. The van der Waals surface area contributed by atoms with Crippen molar-refractivity contribution in [3.8, 4) is 0 Å². The van der Waals surface area contributed by atoms with Crippen LogP contribution in [0.25, 0.3) is 5.70 Å². The number of aromatic nitrogens is 1. The summed E-state index contributed by atoms with van der Waals surface area (Å²) < 4.78 is 0. The summed E-state index contributed by atoms with van der Waals surface area (Å²) in [6, 6.07) is 2.81. The van der Waals surface area contributed by atoms with Crippen molar-refractivity contribution in [2.75, 3.05) is 20.6 Å². The molecule has 0 radical (unpaired) electrons. The van der Waals surface area contributed by atoms with Gasteiger partial charge in [0.2, 0.25) is 5.91 Å². The highest BCUT2D eigenvalue weighted by atomic mass is 16.2. The van der Waals surface area contributed by atoms with Crippen molar-refractivity contribution in [2.24, 2.45) is 11.5 Å². The van der Waals surface area contributed by atoms with Crippen molar-refractivity contribution in [1.29, 1.82) is 0 Å². The molecule has 9 heteroatoms. The van der Waals surface area contributed by atoms with Gasteiger partial charge in [0.05, 0.1) is 0 Å². The summed E-state index contributed by atoms with van der Waals surface area (Å²) in [4.78, 5) is 44.1. The van der Waals surface area contributed by atoms with Gasteiger partial charge in [-0.3, -0.25) is 19.4 Å². The predicted octanol–water partition coefficient (Wildman–Crippen LogP) is 0.959. The van der Waals surface area contributed by atoms with Crippen LogP contribution >= 0.6 is 0 Å². The summed E-state index contributed by atoms with van der Waals surface area (Å²) in [5.74, 6) is -0.675. The molecular weight excluding hydrogens is 396 g/mol. The van der Waals surface area contributed by atoms with Crippen LogP contribution in [0.1, 0.15) is 32.8 Å². The molecule has 2 amide bonds. The first-order chi connectivity index (χ1) is 14.7. The number of nitrogens with two attached hydrogens (primary N) is 2. The van der Waals surface area contributed by atoms with Gasteiger partial charge < -0.3 is 26.6 Å². The minimum absolute atomic E-state index is 0.0929. The molecule has 0 aliphatic heterocycles. The van der Waals surface area contributed by atoms with Crippen molar-refractivity contribution in [3.05, 3.63) is 59.3 Å². The number of aldehydes is 1. The second-order valence-corrected chi connectivity index (χ2v) is 6.98. The van der Waals surface area contributed by atoms with Crippen molar-refractivity contribution in [1.82, 2.24) is 20.1 Å². The van der Waals surface area contributed by atoms with Gasteiger partial charge in [0.15, 0.2) is 0 Å². The van der Waals surface area contributed by atoms with Crippen LogP contribution in [-0.4, -0.2) is 59.6 Å². The number of nitrogens with one attached hydrogen (secondary N) is 1. The molecule has 168 valence electrons. The Labute approximate surface area is 183 Å². The molecule has 1 aromatic rings. The minimum atomic E-state index is -0.753. The van der Waals surface area contributed by atoms with Crippen molar-refractivity contribution >= 4 is 23.8 Å². The SMILES string of the molecule is CC/C(C=O)=C(/C(=O)N(C)C)N(CC)C(C)C(=O)N/C(N)=C/C=C(\N)c1cccnc1. The van der Waals surface area contributed by atoms with Gasteiger partial charge in [0.1, 0.15) is 23.8 Å². The average Bonchev–Trinajstić information content (AvgIpc) is 2.77. The second-order valence-electron chi connectivity index (χ2n) is 6.98. The lowest BCUT2D eigenvalue weighted by Crippen LogP contribution is -2.48. The highest BCUT2D eigenvalue weighted by molar-refractivity contribution is 5.99. The van der Waals surface area contributed by atoms with Crippen LogP contribution in [0.5, 0.6) is 0 Å². The normalized spacial score (nSPS) is 13.7. The fraction of sp³-hybridized carbons (Fsp3) is 0.364. The summed E-state index contributed by atoms with van der Waals surface area (Å²) in [5, 5.41) is 2.61. The number of nitrogens with zero attached hydrogens (tertiary/aromatic N) is 3. The summed E-state index contributed by atoms with van der Waals surface area (Å²) in [5.41, 5.74) is 13.6. The Morgan fingerprint density at radius 3 is 2.39 bits per heavy atom. The van der Waals surface area contributed by atoms with Crippen LogP contribution in [0, 0.1) is 0 Å². The summed E-state index contributed by atoms with van der Waals surface area (Å²) in [6.45, 7) is 5.58. The summed E-state index contributed by atoms with van der Waals surface area (Å²) in [7, 11) is 3.19. The molecule has 1 aromatic heterocycles. The second kappa shape index (κ2) is 12.2. The molecule has 9 nitrogen and oxygen atoms in total. The Bertz CT molecular complexity index is 874. The molecule has 0 bridgehead atoms. The van der Waals surface area contributed by atoms with Crippen LogP contribution in [0.3, 0.4) is 0 Å². The Morgan fingerprint density at radius 1 is 1.23 bits per heavy atom. The Morgan fingerprint density at radius 2 is 1.90 bits per heavy atom. The molecule has 0 saturated carbocycles. The van der Waals surface area contributed by atoms with Crippen molar-refractivity contribution in [3.63, 3.8) is 0 Å². The van der Waals surface area contributed by atoms with Crippen LogP contribution < -0.4 is 16.8 Å². The van der Waals surface area contributed by atoms with Gasteiger partial charge in [-0.05, 0) is 44.6 Å². The summed E-state index contributed by atoms with van der Waals surface area (Å²) in [6.07, 6.45) is 7.32. The van der Waals surface area contributed by atoms with Gasteiger partial charge in [-0.2, -0.15) is 0 Å². The first-order valence-corrected chi connectivity index (χ1v) is 9.98. The number of allylic oxidation sites excluding steroid dienone is 3. The third kappa shape index (κ3) is 6.98. The first-order valence-electron chi connectivity index (χ1n) is 9.98. The zero-order valence-electron chi connectivity index (χ0n) is 18.8. The van der Waals surface area contributed by atoms with E-state index in [2.05, 4.69) is 10.3 Å². The number of hydrogen-bond acceptors (Lipinski definition) is 7. The molecule has 5 N–H and O–H groups in total. The third-order valence-corrected chi connectivity index (χ3v) is 4.62. The fourth-order valence-corrected chi connectivity index (χ4v) is 2.83. The zero-order chi connectivity index (χ0) is 23.6. The zero-order valence-corrected chi connectivity index (χ0v) is 18.8. The van der Waals surface area contributed by atoms with Gasteiger partial charge in [0.25, 0.3) is 5.91 Å². The maximum absolute atomic E-state index is 12.8. The van der Waals surface area contributed by atoms with Gasteiger partial charge in [-0.15, -0.1) is 0 Å². The molecule has 1 heterocycles. The topological polar surface area (TPSA) is 135 Å². The van der Waals surface area contributed by atoms with Crippen LogP contribution in [0.2, 0.25) is 0 Å². The molecule has 0 aromatic carbocycles. The number of hydrogen-bond donors (Lipinski definition) is 3. The average molecular weight is 429 g/mol. The van der Waals surface area contributed by atoms with Crippen molar-refractivity contribution in [2.45, 2.75) is 33.2 Å². The molecule has 0 aliphatic rings. The number of pyridine rings is 1. The quantitative estimate of drug-likeness (QED) is 0.287. The summed E-state index contributed by atoms with van der Waals surface area (Å²) >= 11 is 0. The monoisotopic (exact) mass is 428 g/mol. The smallest absolute Gasteiger partial charge is 0.270 e. The maximum Gasteiger partial charge on any atom is 0.270 e. The van der Waals surface area contributed by atoms with E-state index in [0.717, 1.165) is 5.56 Å². The lowest BCUT2D eigenvalue weighted by molar-refractivity contribution is -0.129. The molecule has 0 fully saturated rings. The molecule has 1 atom stereocenters. The first kappa shape index (κ1) is 25.4. The lowest BCUT2D eigenvalue weighted by atomic mass is 10.1. The van der Waals surface area contributed by atoms with Crippen molar-refractivity contribution < 1.29 is 14.4 Å². The number of likely N-dealkylation sites (N-methyl/N-ethyl adjacent to an activating group) is 2. The molecule has 1 rings (SSSR count). The number of carbonyl (C=O) groups is 3. The largest absolute Gasteiger partial charge is 0.398 e. The fourth-order valence-electron chi connectivity index (χ4n) is 2.83. The Balaban J connectivity index is 3.08. The Hall–Kier alpha value is -3.62. The number of amides is 2. The Kier molecular flexibility index (Phi) is 9.97. The third-order valence-electron chi connectivity index (χ3n) is 4.62. The van der Waals surface area contributed by atoms with E-state index in [1.807, 2.05) is 0 Å². The number of carbonyl (C=O) groups excluding carboxylic acids is 3.